The van der Waals surface area contributed by atoms with Crippen molar-refractivity contribution >= 4 is 11.7 Å². The Morgan fingerprint density at radius 1 is 0.957 bits per heavy atom. The molecule has 2 N–H and O–H groups in total. The molecular formula is C20H22N2O. The molecule has 1 aliphatic heterocycles. The SMILES string of the molecule is NC1=Nc2ccc(C3CC3)cc2CO1.c1ccc2c(c1)CCC2. The minimum absolute atomic E-state index is 0.275. The monoisotopic (exact) mass is 306 g/mol. The lowest BCUT2D eigenvalue weighted by atomic mass is 10.1. The van der Waals surface area contributed by atoms with Crippen LogP contribution in [0.2, 0.25) is 0 Å². The average Bonchev–Trinajstić information content (AvgIpc) is 3.32. The van der Waals surface area contributed by atoms with E-state index in [2.05, 4.69) is 41.4 Å². The van der Waals surface area contributed by atoms with Gasteiger partial charge in [-0.25, -0.2) is 0 Å². The molecule has 2 aromatic rings. The van der Waals surface area contributed by atoms with E-state index in [0.717, 1.165) is 17.2 Å². The van der Waals surface area contributed by atoms with E-state index in [1.54, 1.807) is 11.1 Å². The Morgan fingerprint density at radius 2 is 1.70 bits per heavy atom. The summed E-state index contributed by atoms with van der Waals surface area (Å²) in [6, 6.07) is 15.4. The van der Waals surface area contributed by atoms with E-state index in [9.17, 15) is 0 Å². The second kappa shape index (κ2) is 6.07. The standard InChI is InChI=1S/C11H12N2O.C9H10/c12-11-13-10-4-3-8(7-1-2-7)5-9(10)6-14-11;1-2-5-9-7-3-6-8(9)4-1/h3-5,7H,1-2,6H2,(H2,12,13);1-2,4-5H,3,6-7H2. The third-order valence-corrected chi connectivity index (χ3v) is 4.77. The number of amidine groups is 1. The molecule has 1 fully saturated rings. The maximum atomic E-state index is 5.49. The van der Waals surface area contributed by atoms with Gasteiger partial charge in [-0.2, -0.15) is 4.99 Å². The molecule has 0 spiro atoms. The molecule has 0 amide bonds. The molecule has 2 aliphatic carbocycles. The molecule has 3 aliphatic rings. The predicted octanol–water partition coefficient (Wildman–Crippen LogP) is 4.22. The largest absolute Gasteiger partial charge is 0.460 e. The van der Waals surface area contributed by atoms with Gasteiger partial charge < -0.3 is 10.5 Å². The molecule has 2 aromatic carbocycles. The van der Waals surface area contributed by atoms with Gasteiger partial charge in [0.1, 0.15) is 6.61 Å². The number of hydrogen-bond acceptors (Lipinski definition) is 3. The normalized spacial score (nSPS) is 18.0. The van der Waals surface area contributed by atoms with Crippen LogP contribution in [0.1, 0.15) is 47.4 Å². The van der Waals surface area contributed by atoms with Gasteiger partial charge >= 0.3 is 0 Å². The molecule has 0 aromatic heterocycles. The number of aliphatic imine (C=N–C) groups is 1. The number of hydrogen-bond donors (Lipinski definition) is 1. The highest BCUT2D eigenvalue weighted by Crippen LogP contribution is 2.41. The van der Waals surface area contributed by atoms with E-state index in [-0.39, 0.29) is 6.02 Å². The van der Waals surface area contributed by atoms with Crippen LogP contribution in [0, 0.1) is 0 Å². The Morgan fingerprint density at radius 3 is 2.39 bits per heavy atom. The summed E-state index contributed by atoms with van der Waals surface area (Å²) in [5.41, 5.74) is 12.2. The zero-order valence-corrected chi connectivity index (χ0v) is 13.3. The van der Waals surface area contributed by atoms with Crippen LogP contribution >= 0.6 is 0 Å². The van der Waals surface area contributed by atoms with Crippen molar-refractivity contribution in [1.82, 2.24) is 0 Å². The minimum atomic E-state index is 0.275. The van der Waals surface area contributed by atoms with E-state index in [1.807, 2.05) is 6.07 Å². The molecule has 0 atom stereocenters. The van der Waals surface area contributed by atoms with Crippen molar-refractivity contribution in [2.24, 2.45) is 10.7 Å². The molecule has 118 valence electrons. The van der Waals surface area contributed by atoms with Crippen LogP contribution in [0.25, 0.3) is 0 Å². The lowest BCUT2D eigenvalue weighted by molar-refractivity contribution is 0.282. The average molecular weight is 306 g/mol. The summed E-state index contributed by atoms with van der Waals surface area (Å²) in [7, 11) is 0. The zero-order chi connectivity index (χ0) is 15.6. The Kier molecular flexibility index (Phi) is 3.78. The fourth-order valence-electron chi connectivity index (χ4n) is 3.32. The topological polar surface area (TPSA) is 47.6 Å². The van der Waals surface area contributed by atoms with Crippen molar-refractivity contribution in [2.45, 2.75) is 44.6 Å². The van der Waals surface area contributed by atoms with Crippen molar-refractivity contribution in [3.63, 3.8) is 0 Å². The van der Waals surface area contributed by atoms with Gasteiger partial charge in [-0.15, -0.1) is 0 Å². The summed E-state index contributed by atoms with van der Waals surface area (Å²) in [5, 5.41) is 0. The smallest absolute Gasteiger partial charge is 0.287 e. The van der Waals surface area contributed by atoms with Crippen molar-refractivity contribution in [2.75, 3.05) is 0 Å². The molecule has 0 bridgehead atoms. The maximum Gasteiger partial charge on any atom is 0.287 e. The third kappa shape index (κ3) is 3.24. The second-order valence-electron chi connectivity index (χ2n) is 6.52. The first-order chi connectivity index (χ1) is 11.3. The first-order valence-corrected chi connectivity index (χ1v) is 8.46. The fourth-order valence-corrected chi connectivity index (χ4v) is 3.32. The molecule has 0 unspecified atom stereocenters. The summed E-state index contributed by atoms with van der Waals surface area (Å²) in [4.78, 5) is 4.14. The van der Waals surface area contributed by atoms with E-state index >= 15 is 0 Å². The van der Waals surface area contributed by atoms with Crippen molar-refractivity contribution in [3.8, 4) is 0 Å². The molecular weight excluding hydrogens is 284 g/mol. The maximum absolute atomic E-state index is 5.49. The first kappa shape index (κ1) is 14.3. The number of aryl methyl sites for hydroxylation is 2. The lowest BCUT2D eigenvalue weighted by Crippen LogP contribution is -2.18. The van der Waals surface area contributed by atoms with Crippen LogP contribution in [-0.2, 0) is 24.2 Å². The minimum Gasteiger partial charge on any atom is -0.460 e. The van der Waals surface area contributed by atoms with Crippen LogP contribution < -0.4 is 5.73 Å². The summed E-state index contributed by atoms with van der Waals surface area (Å²) < 4.78 is 5.19. The van der Waals surface area contributed by atoms with Gasteiger partial charge in [0.25, 0.3) is 6.02 Å². The summed E-state index contributed by atoms with van der Waals surface area (Å²) in [6.45, 7) is 0.561. The number of rotatable bonds is 1. The van der Waals surface area contributed by atoms with Crippen molar-refractivity contribution < 1.29 is 4.74 Å². The third-order valence-electron chi connectivity index (χ3n) is 4.77. The van der Waals surface area contributed by atoms with Gasteiger partial charge in [0, 0.05) is 5.56 Å². The van der Waals surface area contributed by atoms with E-state index in [1.165, 1.54) is 37.7 Å². The van der Waals surface area contributed by atoms with Gasteiger partial charge in [0.15, 0.2) is 0 Å². The Balaban J connectivity index is 0.000000130. The number of nitrogens with zero attached hydrogens (tertiary/aromatic N) is 1. The van der Waals surface area contributed by atoms with Crippen LogP contribution in [0.3, 0.4) is 0 Å². The Labute approximate surface area is 137 Å². The quantitative estimate of drug-likeness (QED) is 0.857. The van der Waals surface area contributed by atoms with E-state index in [0.29, 0.717) is 6.61 Å². The fraction of sp³-hybridized carbons (Fsp3) is 0.350. The second-order valence-corrected chi connectivity index (χ2v) is 6.52. The molecule has 5 rings (SSSR count). The van der Waals surface area contributed by atoms with Gasteiger partial charge in [-0.3, -0.25) is 0 Å². The number of fused-ring (bicyclic) bond motifs is 2. The van der Waals surface area contributed by atoms with Gasteiger partial charge in [-0.1, -0.05) is 30.3 Å². The summed E-state index contributed by atoms with van der Waals surface area (Å²) in [6.07, 6.45) is 6.61. The van der Waals surface area contributed by atoms with Crippen molar-refractivity contribution in [3.05, 3.63) is 64.7 Å². The van der Waals surface area contributed by atoms with Crippen LogP contribution in [-0.4, -0.2) is 6.02 Å². The summed E-state index contributed by atoms with van der Waals surface area (Å²) >= 11 is 0. The number of nitrogens with two attached hydrogens (primary N) is 1. The molecule has 3 nitrogen and oxygen atoms in total. The highest BCUT2D eigenvalue weighted by Gasteiger charge is 2.24. The first-order valence-electron chi connectivity index (χ1n) is 8.46. The Bertz CT molecular complexity index is 724. The molecule has 1 saturated carbocycles. The van der Waals surface area contributed by atoms with E-state index < -0.39 is 0 Å². The Hall–Kier alpha value is -2.29. The van der Waals surface area contributed by atoms with E-state index in [4.69, 9.17) is 10.5 Å². The number of benzene rings is 2. The zero-order valence-electron chi connectivity index (χ0n) is 13.3. The van der Waals surface area contributed by atoms with Crippen LogP contribution in [0.4, 0.5) is 5.69 Å². The highest BCUT2D eigenvalue weighted by molar-refractivity contribution is 5.77. The molecule has 23 heavy (non-hydrogen) atoms. The van der Waals surface area contributed by atoms with Gasteiger partial charge in [0.2, 0.25) is 0 Å². The van der Waals surface area contributed by atoms with Gasteiger partial charge in [-0.05, 0) is 66.8 Å². The summed E-state index contributed by atoms with van der Waals surface area (Å²) in [5.74, 6) is 0.781. The lowest BCUT2D eigenvalue weighted by Gasteiger charge is -2.14. The van der Waals surface area contributed by atoms with Crippen molar-refractivity contribution in [1.29, 1.82) is 0 Å². The number of ether oxygens (including phenoxy) is 1. The molecule has 1 heterocycles. The predicted molar refractivity (Wildman–Crippen MR) is 93.0 cm³/mol. The van der Waals surface area contributed by atoms with Gasteiger partial charge in [0.05, 0.1) is 5.69 Å². The molecule has 3 heteroatoms. The molecule has 0 saturated heterocycles. The molecule has 0 radical (unpaired) electrons. The van der Waals surface area contributed by atoms with Crippen LogP contribution in [0.15, 0.2) is 47.5 Å². The highest BCUT2D eigenvalue weighted by atomic mass is 16.5. The van der Waals surface area contributed by atoms with Crippen LogP contribution in [0.5, 0.6) is 0 Å².